The maximum atomic E-state index is 12.1. The van der Waals surface area contributed by atoms with Gasteiger partial charge in [-0.05, 0) is 19.8 Å². The Kier molecular flexibility index (Phi) is 5.66. The minimum absolute atomic E-state index is 0.0172. The molecule has 1 aromatic heterocycles. The van der Waals surface area contributed by atoms with Crippen LogP contribution in [0.3, 0.4) is 0 Å². The Bertz CT molecular complexity index is 478. The summed E-state index contributed by atoms with van der Waals surface area (Å²) in [7, 11) is 1.30. The van der Waals surface area contributed by atoms with Gasteiger partial charge < -0.3 is 9.64 Å². The van der Waals surface area contributed by atoms with E-state index in [2.05, 4.69) is 15.0 Å². The molecule has 0 radical (unpaired) electrons. The van der Waals surface area contributed by atoms with Crippen molar-refractivity contribution in [2.75, 3.05) is 20.2 Å². The molecule has 0 atom stereocenters. The van der Waals surface area contributed by atoms with E-state index in [4.69, 9.17) is 0 Å². The quantitative estimate of drug-likeness (QED) is 0.729. The predicted molar refractivity (Wildman–Crippen MR) is 73.4 cm³/mol. The number of rotatable bonds is 6. The molecule has 0 aromatic carbocycles. The van der Waals surface area contributed by atoms with Crippen molar-refractivity contribution in [3.8, 4) is 0 Å². The average molecular weight is 282 g/mol. The molecule has 0 fully saturated rings. The normalized spacial score (nSPS) is 10.7. The molecule has 112 valence electrons. The highest BCUT2D eigenvalue weighted by Crippen LogP contribution is 2.18. The van der Waals surface area contributed by atoms with E-state index in [1.54, 1.807) is 4.90 Å². The number of esters is 1. The van der Waals surface area contributed by atoms with E-state index in [-0.39, 0.29) is 24.1 Å². The van der Waals surface area contributed by atoms with E-state index in [0.717, 1.165) is 0 Å². The molecular formula is C13H22N4O3. The third-order valence-electron chi connectivity index (χ3n) is 3.10. The van der Waals surface area contributed by atoms with Crippen LogP contribution in [0.15, 0.2) is 0 Å². The number of methoxy groups -OCH3 is 1. The Morgan fingerprint density at radius 1 is 1.30 bits per heavy atom. The van der Waals surface area contributed by atoms with Crippen LogP contribution in [-0.4, -0.2) is 52.0 Å². The maximum Gasteiger partial charge on any atom is 0.360 e. The molecule has 1 heterocycles. The topological polar surface area (TPSA) is 77.3 Å². The Hall–Kier alpha value is -1.92. The van der Waals surface area contributed by atoms with Crippen molar-refractivity contribution in [2.45, 2.75) is 40.2 Å². The number of hydrogen-bond acceptors (Lipinski definition) is 5. The molecule has 0 unspecified atom stereocenters. The lowest BCUT2D eigenvalue weighted by atomic mass is 10.1. The minimum Gasteiger partial charge on any atom is -0.464 e. The van der Waals surface area contributed by atoms with Crippen LogP contribution in [0.4, 0.5) is 0 Å². The molecule has 1 amide bonds. The molecule has 1 aromatic rings. The van der Waals surface area contributed by atoms with Gasteiger partial charge in [0.1, 0.15) is 6.54 Å². The van der Waals surface area contributed by atoms with Gasteiger partial charge in [-0.1, -0.05) is 19.1 Å². The van der Waals surface area contributed by atoms with Crippen molar-refractivity contribution in [2.24, 2.45) is 0 Å². The molecule has 7 heteroatoms. The Balaban J connectivity index is 3.04. The Morgan fingerprint density at radius 2 is 1.90 bits per heavy atom. The summed E-state index contributed by atoms with van der Waals surface area (Å²) in [6, 6.07) is 0. The molecule has 0 bridgehead atoms. The summed E-state index contributed by atoms with van der Waals surface area (Å²) < 4.78 is 6.17. The van der Waals surface area contributed by atoms with Crippen molar-refractivity contribution in [3.63, 3.8) is 0 Å². The molecule has 0 aliphatic heterocycles. The predicted octanol–water partition coefficient (Wildman–Crippen LogP) is 1.06. The van der Waals surface area contributed by atoms with Crippen LogP contribution >= 0.6 is 0 Å². The summed E-state index contributed by atoms with van der Waals surface area (Å²) in [5.41, 5.74) is 0.798. The molecule has 0 aliphatic carbocycles. The number of ether oxygens (including phenoxy) is 1. The third-order valence-corrected chi connectivity index (χ3v) is 3.10. The average Bonchev–Trinajstić information content (AvgIpc) is 2.83. The molecule has 1 rings (SSSR count). The van der Waals surface area contributed by atoms with Crippen LogP contribution in [0, 0.1) is 0 Å². The zero-order valence-corrected chi connectivity index (χ0v) is 12.7. The van der Waals surface area contributed by atoms with Gasteiger partial charge in [0.2, 0.25) is 5.91 Å². The summed E-state index contributed by atoms with van der Waals surface area (Å²) >= 11 is 0. The second-order valence-corrected chi connectivity index (χ2v) is 4.69. The van der Waals surface area contributed by atoms with Crippen molar-refractivity contribution >= 4 is 11.9 Å². The number of amides is 1. The summed E-state index contributed by atoms with van der Waals surface area (Å²) in [5, 5.41) is 7.76. The van der Waals surface area contributed by atoms with Crippen molar-refractivity contribution in [1.82, 2.24) is 19.9 Å². The number of nitrogens with zero attached hydrogens (tertiary/aromatic N) is 4. The van der Waals surface area contributed by atoms with Gasteiger partial charge in [-0.15, -0.1) is 5.10 Å². The van der Waals surface area contributed by atoms with E-state index in [0.29, 0.717) is 18.8 Å². The molecule has 0 saturated carbocycles. The van der Waals surface area contributed by atoms with Gasteiger partial charge in [-0.25, -0.2) is 9.48 Å². The van der Waals surface area contributed by atoms with Gasteiger partial charge in [0, 0.05) is 13.1 Å². The highest BCUT2D eigenvalue weighted by Gasteiger charge is 2.24. The fourth-order valence-electron chi connectivity index (χ4n) is 2.06. The fourth-order valence-corrected chi connectivity index (χ4v) is 2.06. The van der Waals surface area contributed by atoms with Crippen LogP contribution in [0.2, 0.25) is 0 Å². The molecular weight excluding hydrogens is 260 g/mol. The van der Waals surface area contributed by atoms with Crippen molar-refractivity contribution in [3.05, 3.63) is 11.4 Å². The molecule has 0 N–H and O–H groups in total. The first kappa shape index (κ1) is 16.1. The molecule has 20 heavy (non-hydrogen) atoms. The van der Waals surface area contributed by atoms with E-state index in [9.17, 15) is 9.59 Å². The smallest absolute Gasteiger partial charge is 0.360 e. The van der Waals surface area contributed by atoms with Crippen LogP contribution in [0.1, 0.15) is 49.8 Å². The van der Waals surface area contributed by atoms with Gasteiger partial charge >= 0.3 is 5.97 Å². The second-order valence-electron chi connectivity index (χ2n) is 4.69. The van der Waals surface area contributed by atoms with Crippen molar-refractivity contribution in [1.29, 1.82) is 0 Å². The number of carbonyl (C=O) groups is 2. The SMILES string of the molecule is CCN(CC)C(=O)Cn1nnc(C(=O)OC)c1C(C)C. The first-order valence-electron chi connectivity index (χ1n) is 6.75. The van der Waals surface area contributed by atoms with Gasteiger partial charge in [-0.2, -0.15) is 0 Å². The number of hydrogen-bond donors (Lipinski definition) is 0. The largest absolute Gasteiger partial charge is 0.464 e. The summed E-state index contributed by atoms with van der Waals surface area (Å²) in [5.74, 6) is -0.558. The highest BCUT2D eigenvalue weighted by atomic mass is 16.5. The lowest BCUT2D eigenvalue weighted by Crippen LogP contribution is -2.34. The van der Waals surface area contributed by atoms with Crippen LogP contribution in [-0.2, 0) is 16.1 Å². The van der Waals surface area contributed by atoms with Crippen LogP contribution < -0.4 is 0 Å². The minimum atomic E-state index is -0.532. The van der Waals surface area contributed by atoms with E-state index in [1.165, 1.54) is 11.8 Å². The molecule has 0 spiro atoms. The van der Waals surface area contributed by atoms with Gasteiger partial charge in [0.05, 0.1) is 12.8 Å². The Morgan fingerprint density at radius 3 is 2.35 bits per heavy atom. The van der Waals surface area contributed by atoms with Crippen LogP contribution in [0.25, 0.3) is 0 Å². The molecule has 7 nitrogen and oxygen atoms in total. The lowest BCUT2D eigenvalue weighted by Gasteiger charge is -2.19. The second kappa shape index (κ2) is 7.02. The molecule has 0 aliphatic rings. The number of carbonyl (C=O) groups excluding carboxylic acids is 2. The summed E-state index contributed by atoms with van der Waals surface area (Å²) in [4.78, 5) is 25.5. The Labute approximate surface area is 118 Å². The summed E-state index contributed by atoms with van der Waals surface area (Å²) in [6.07, 6.45) is 0. The summed E-state index contributed by atoms with van der Waals surface area (Å²) in [6.45, 7) is 9.06. The first-order valence-corrected chi connectivity index (χ1v) is 6.75. The van der Waals surface area contributed by atoms with E-state index < -0.39 is 5.97 Å². The van der Waals surface area contributed by atoms with Gasteiger partial charge in [-0.3, -0.25) is 4.79 Å². The zero-order valence-electron chi connectivity index (χ0n) is 12.7. The molecule has 0 saturated heterocycles. The lowest BCUT2D eigenvalue weighted by molar-refractivity contribution is -0.131. The first-order chi connectivity index (χ1) is 9.46. The maximum absolute atomic E-state index is 12.1. The van der Waals surface area contributed by atoms with E-state index >= 15 is 0 Å². The zero-order chi connectivity index (χ0) is 15.3. The third kappa shape index (κ3) is 3.34. The fraction of sp³-hybridized carbons (Fsp3) is 0.692. The van der Waals surface area contributed by atoms with Crippen LogP contribution in [0.5, 0.6) is 0 Å². The highest BCUT2D eigenvalue weighted by molar-refractivity contribution is 5.88. The monoisotopic (exact) mass is 282 g/mol. The van der Waals surface area contributed by atoms with Gasteiger partial charge in [0.25, 0.3) is 0 Å². The van der Waals surface area contributed by atoms with Gasteiger partial charge in [0.15, 0.2) is 5.69 Å². The van der Waals surface area contributed by atoms with Crippen molar-refractivity contribution < 1.29 is 14.3 Å². The number of aromatic nitrogens is 3. The standard InChI is InChI=1S/C13H22N4O3/c1-6-16(7-2)10(18)8-17-12(9(3)4)11(14-15-17)13(19)20-5/h9H,6-8H2,1-5H3. The van der Waals surface area contributed by atoms with E-state index in [1.807, 2.05) is 27.7 Å². The number of likely N-dealkylation sites (N-methyl/N-ethyl adjacent to an activating group) is 1.